The summed E-state index contributed by atoms with van der Waals surface area (Å²) in [5, 5.41) is 0. The fraction of sp³-hybridized carbons (Fsp3) is 0.200. The van der Waals surface area contributed by atoms with Gasteiger partial charge in [-0.05, 0) is 0 Å². The molecule has 0 heterocycles. The fourth-order valence-corrected chi connectivity index (χ4v) is 0.175. The van der Waals surface area contributed by atoms with E-state index in [1.165, 1.54) is 0 Å². The van der Waals surface area contributed by atoms with Crippen molar-refractivity contribution in [1.29, 1.82) is 0 Å². The third-order valence-corrected chi connectivity index (χ3v) is 0.408. The van der Waals surface area contributed by atoms with Gasteiger partial charge >= 0.3 is 0 Å². The molecule has 2 N–H and O–H groups in total. The molecule has 0 aromatic carbocycles. The molecule has 0 fully saturated rings. The maximum absolute atomic E-state index is 5.08. The molecule has 0 unspecified atom stereocenters. The molecule has 0 atom stereocenters. The second kappa shape index (κ2) is 9.21. The van der Waals surface area contributed by atoms with E-state index >= 15 is 0 Å². The van der Waals surface area contributed by atoms with Crippen LogP contribution in [0, 0.1) is 0 Å². The Morgan fingerprint density at radius 3 is 2.29 bits per heavy atom. The Kier molecular flexibility index (Phi) is 13.0. The van der Waals surface area contributed by atoms with Gasteiger partial charge in [-0.25, -0.2) is 0 Å². The van der Waals surface area contributed by atoms with Gasteiger partial charge in [0.05, 0.1) is 0 Å². The standard InChI is InChI=1S/C5H9N.ClH/c1-2-3-4-5-6;/h2-4H,1,5-6H2;1H/b4-3+;. The lowest BCUT2D eigenvalue weighted by molar-refractivity contribution is 1.25. The fourth-order valence-electron chi connectivity index (χ4n) is 0.175. The summed E-state index contributed by atoms with van der Waals surface area (Å²) in [6, 6.07) is 0. The summed E-state index contributed by atoms with van der Waals surface area (Å²) in [5.41, 5.74) is 5.08. The zero-order valence-electron chi connectivity index (χ0n) is 4.13. The van der Waals surface area contributed by atoms with Crippen LogP contribution in [0.5, 0.6) is 0 Å². The van der Waals surface area contributed by atoms with E-state index in [9.17, 15) is 0 Å². The molecule has 0 spiro atoms. The Bertz CT molecular complexity index is 59.1. The maximum atomic E-state index is 5.08. The first kappa shape index (κ1) is 9.88. The third kappa shape index (κ3) is 10.7. The van der Waals surface area contributed by atoms with Crippen LogP contribution in [0.2, 0.25) is 0 Å². The molecule has 0 rings (SSSR count). The van der Waals surface area contributed by atoms with Crippen LogP contribution in [0.4, 0.5) is 0 Å². The summed E-state index contributed by atoms with van der Waals surface area (Å²) in [5.74, 6) is 0. The predicted molar refractivity (Wildman–Crippen MR) is 35.6 cm³/mol. The second-order valence-electron chi connectivity index (χ2n) is 0.900. The molecule has 0 radical (unpaired) electrons. The molecular weight excluding hydrogens is 110 g/mol. The van der Waals surface area contributed by atoms with Crippen LogP contribution >= 0.6 is 12.4 Å². The van der Waals surface area contributed by atoms with Crippen LogP contribution in [-0.2, 0) is 0 Å². The number of rotatable bonds is 2. The Morgan fingerprint density at radius 2 is 2.14 bits per heavy atom. The van der Waals surface area contributed by atoms with Gasteiger partial charge in [0.15, 0.2) is 0 Å². The summed E-state index contributed by atoms with van der Waals surface area (Å²) in [6.07, 6.45) is 5.36. The van der Waals surface area contributed by atoms with E-state index in [0.717, 1.165) is 0 Å². The summed E-state index contributed by atoms with van der Waals surface area (Å²) >= 11 is 0. The molecule has 0 amide bonds. The minimum Gasteiger partial charge on any atom is -0.327 e. The van der Waals surface area contributed by atoms with E-state index in [4.69, 9.17) is 5.73 Å². The summed E-state index contributed by atoms with van der Waals surface area (Å²) in [7, 11) is 0. The number of halogens is 1. The van der Waals surface area contributed by atoms with Crippen molar-refractivity contribution in [2.24, 2.45) is 5.73 Å². The zero-order chi connectivity index (χ0) is 4.83. The largest absolute Gasteiger partial charge is 0.327 e. The highest BCUT2D eigenvalue weighted by molar-refractivity contribution is 5.85. The lowest BCUT2D eigenvalue weighted by Crippen LogP contribution is -1.91. The Morgan fingerprint density at radius 1 is 1.57 bits per heavy atom. The Hall–Kier alpha value is -0.270. The maximum Gasteiger partial charge on any atom is 0.0109 e. The van der Waals surface area contributed by atoms with Crippen molar-refractivity contribution in [3.63, 3.8) is 0 Å². The summed E-state index contributed by atoms with van der Waals surface area (Å²) in [6.45, 7) is 4.06. The van der Waals surface area contributed by atoms with Crippen LogP contribution in [0.15, 0.2) is 24.8 Å². The van der Waals surface area contributed by atoms with E-state index in [1.54, 1.807) is 6.08 Å². The molecule has 0 saturated heterocycles. The smallest absolute Gasteiger partial charge is 0.0109 e. The van der Waals surface area contributed by atoms with Gasteiger partial charge < -0.3 is 5.73 Å². The molecule has 0 aromatic heterocycles. The third-order valence-electron chi connectivity index (χ3n) is 0.408. The minimum atomic E-state index is 0. The average Bonchev–Trinajstić information content (AvgIpc) is 1.61. The molecule has 0 saturated carbocycles. The molecule has 0 aliphatic rings. The first-order chi connectivity index (χ1) is 2.91. The molecule has 42 valence electrons. The van der Waals surface area contributed by atoms with Crippen LogP contribution < -0.4 is 5.73 Å². The Labute approximate surface area is 50.3 Å². The zero-order valence-corrected chi connectivity index (χ0v) is 4.95. The predicted octanol–water partition coefficient (Wildman–Crippen LogP) is 1.11. The lowest BCUT2D eigenvalue weighted by Gasteiger charge is -1.69. The number of hydrogen-bond donors (Lipinski definition) is 1. The minimum absolute atomic E-state index is 0. The van der Waals surface area contributed by atoms with Gasteiger partial charge in [0.2, 0.25) is 0 Å². The van der Waals surface area contributed by atoms with Gasteiger partial charge in [-0.1, -0.05) is 24.8 Å². The van der Waals surface area contributed by atoms with Gasteiger partial charge in [0, 0.05) is 6.54 Å². The topological polar surface area (TPSA) is 26.0 Å². The van der Waals surface area contributed by atoms with E-state index in [0.29, 0.717) is 6.54 Å². The van der Waals surface area contributed by atoms with Crippen LogP contribution in [0.3, 0.4) is 0 Å². The van der Waals surface area contributed by atoms with Crippen LogP contribution in [-0.4, -0.2) is 6.54 Å². The quantitative estimate of drug-likeness (QED) is 0.542. The van der Waals surface area contributed by atoms with Crippen molar-refractivity contribution in [2.45, 2.75) is 0 Å². The molecule has 2 heteroatoms. The van der Waals surface area contributed by atoms with Gasteiger partial charge in [0.1, 0.15) is 0 Å². The molecule has 0 aliphatic heterocycles. The number of allylic oxidation sites excluding steroid dienone is 2. The van der Waals surface area contributed by atoms with E-state index in [1.807, 2.05) is 12.2 Å². The van der Waals surface area contributed by atoms with Gasteiger partial charge in [0.25, 0.3) is 0 Å². The van der Waals surface area contributed by atoms with Gasteiger partial charge in [-0.3, -0.25) is 0 Å². The SMILES string of the molecule is C=C/C=C/CN.Cl. The highest BCUT2D eigenvalue weighted by Crippen LogP contribution is 1.65. The second-order valence-corrected chi connectivity index (χ2v) is 0.900. The first-order valence-corrected chi connectivity index (χ1v) is 1.89. The summed E-state index contributed by atoms with van der Waals surface area (Å²) in [4.78, 5) is 0. The molecule has 0 aliphatic carbocycles. The van der Waals surface area contributed by atoms with Crippen molar-refractivity contribution in [2.75, 3.05) is 6.54 Å². The van der Waals surface area contributed by atoms with Crippen molar-refractivity contribution in [3.05, 3.63) is 24.8 Å². The highest BCUT2D eigenvalue weighted by Gasteiger charge is 1.54. The van der Waals surface area contributed by atoms with Gasteiger partial charge in [-0.2, -0.15) is 0 Å². The van der Waals surface area contributed by atoms with Crippen molar-refractivity contribution in [3.8, 4) is 0 Å². The van der Waals surface area contributed by atoms with E-state index in [-0.39, 0.29) is 12.4 Å². The van der Waals surface area contributed by atoms with Gasteiger partial charge in [-0.15, -0.1) is 12.4 Å². The number of nitrogens with two attached hydrogens (primary N) is 1. The van der Waals surface area contributed by atoms with Crippen molar-refractivity contribution >= 4 is 12.4 Å². The molecule has 0 bridgehead atoms. The van der Waals surface area contributed by atoms with Crippen LogP contribution in [0.25, 0.3) is 0 Å². The van der Waals surface area contributed by atoms with Crippen molar-refractivity contribution < 1.29 is 0 Å². The first-order valence-electron chi connectivity index (χ1n) is 1.89. The van der Waals surface area contributed by atoms with E-state index < -0.39 is 0 Å². The highest BCUT2D eigenvalue weighted by atomic mass is 35.5. The van der Waals surface area contributed by atoms with Crippen molar-refractivity contribution in [1.82, 2.24) is 0 Å². The molecule has 0 aromatic rings. The monoisotopic (exact) mass is 119 g/mol. The normalized spacial score (nSPS) is 8.14. The van der Waals surface area contributed by atoms with Crippen LogP contribution in [0.1, 0.15) is 0 Å². The Balaban J connectivity index is 0. The average molecular weight is 120 g/mol. The number of hydrogen-bond acceptors (Lipinski definition) is 1. The molecule has 1 nitrogen and oxygen atoms in total. The lowest BCUT2D eigenvalue weighted by atomic mass is 10.5. The molecule has 7 heavy (non-hydrogen) atoms. The molecular formula is C5H10ClN. The summed E-state index contributed by atoms with van der Waals surface area (Å²) < 4.78 is 0. The van der Waals surface area contributed by atoms with E-state index in [2.05, 4.69) is 6.58 Å².